The third-order valence-corrected chi connectivity index (χ3v) is 20.1. The average Bonchev–Trinajstić information content (AvgIpc) is 2.51. The molecule has 21 heavy (non-hydrogen) atoms. The second-order valence-corrected chi connectivity index (χ2v) is 20.5. The van der Waals surface area contributed by atoms with Gasteiger partial charge in [0.25, 0.3) is 0 Å². The Morgan fingerprint density at radius 3 is 1.71 bits per heavy atom. The summed E-state index contributed by atoms with van der Waals surface area (Å²) >= 11 is -2.15. The molecule has 0 fully saturated rings. The van der Waals surface area contributed by atoms with Crippen LogP contribution in [0.5, 0.6) is 5.75 Å². The summed E-state index contributed by atoms with van der Waals surface area (Å²) in [4.78, 5) is 0. The van der Waals surface area contributed by atoms with Crippen LogP contribution in [0.3, 0.4) is 0 Å². The zero-order valence-electron chi connectivity index (χ0n) is 14.3. The summed E-state index contributed by atoms with van der Waals surface area (Å²) in [6, 6.07) is 8.06. The molecule has 0 unspecified atom stereocenters. The van der Waals surface area contributed by atoms with Crippen molar-refractivity contribution in [3.05, 3.63) is 29.8 Å². The van der Waals surface area contributed by atoms with Crippen LogP contribution in [0, 0.1) is 0 Å². The van der Waals surface area contributed by atoms with E-state index in [-0.39, 0.29) is 0 Å². The molecule has 0 heterocycles. The van der Waals surface area contributed by atoms with Gasteiger partial charge in [-0.15, -0.1) is 0 Å². The van der Waals surface area contributed by atoms with Crippen molar-refractivity contribution in [2.24, 2.45) is 0 Å². The molecule has 0 aliphatic heterocycles. The van der Waals surface area contributed by atoms with Crippen LogP contribution in [-0.4, -0.2) is 23.5 Å². The van der Waals surface area contributed by atoms with Gasteiger partial charge in [-0.25, -0.2) is 0 Å². The van der Waals surface area contributed by atoms with E-state index in [2.05, 4.69) is 32.9 Å². The van der Waals surface area contributed by atoms with Crippen LogP contribution in [0.1, 0.15) is 64.9 Å². The molecule has 2 heteroatoms. The Morgan fingerprint density at radius 2 is 1.29 bits per heavy atom. The first-order valence-electron chi connectivity index (χ1n) is 8.94. The van der Waals surface area contributed by atoms with Gasteiger partial charge in [0, 0.05) is 0 Å². The first-order chi connectivity index (χ1) is 10.2. The van der Waals surface area contributed by atoms with Crippen molar-refractivity contribution in [1.29, 1.82) is 0 Å². The number of phenolic OH excluding ortho intramolecular Hbond substituents is 1. The molecule has 0 saturated carbocycles. The molecule has 0 atom stereocenters. The first-order valence-corrected chi connectivity index (χ1v) is 17.0. The standard InChI is InChI=1S/C7H7O.3C4H9.Sn/c1-6-4-2-3-5-7(6)8;3*1-3-4-2;/h2-5,8H,1H2;3*1,3-4H2,2H3;. The fourth-order valence-electron chi connectivity index (χ4n) is 3.36. The Hall–Kier alpha value is -0.181. The molecule has 1 N–H and O–H groups in total. The SMILES string of the molecule is CCC[CH2][Sn]([CH2]CCC)([CH2]CCC)[CH2]c1ccccc1O. The van der Waals surface area contributed by atoms with Crippen molar-refractivity contribution < 1.29 is 5.11 Å². The second-order valence-electron chi connectivity index (χ2n) is 6.62. The molecule has 0 aliphatic carbocycles. The van der Waals surface area contributed by atoms with E-state index < -0.39 is 18.4 Å². The molecule has 1 aromatic rings. The number of phenols is 1. The fourth-order valence-corrected chi connectivity index (χ4v) is 19.6. The monoisotopic (exact) mass is 398 g/mol. The van der Waals surface area contributed by atoms with Crippen molar-refractivity contribution >= 4 is 18.4 Å². The van der Waals surface area contributed by atoms with Crippen LogP contribution in [0.4, 0.5) is 0 Å². The molecule has 1 aromatic carbocycles. The van der Waals surface area contributed by atoms with Gasteiger partial charge in [-0.1, -0.05) is 0 Å². The minimum absolute atomic E-state index is 0.531. The van der Waals surface area contributed by atoms with Crippen LogP contribution in [0.15, 0.2) is 24.3 Å². The minimum atomic E-state index is -2.15. The van der Waals surface area contributed by atoms with Gasteiger partial charge >= 0.3 is 136 Å². The zero-order valence-corrected chi connectivity index (χ0v) is 17.2. The first kappa shape index (κ1) is 18.9. The van der Waals surface area contributed by atoms with Crippen molar-refractivity contribution in [1.82, 2.24) is 0 Å². The summed E-state index contributed by atoms with van der Waals surface area (Å²) in [6.07, 6.45) is 8.15. The number of rotatable bonds is 11. The van der Waals surface area contributed by atoms with Crippen molar-refractivity contribution in [3.63, 3.8) is 0 Å². The Labute approximate surface area is 136 Å². The Morgan fingerprint density at radius 1 is 0.810 bits per heavy atom. The van der Waals surface area contributed by atoms with Gasteiger partial charge in [0.15, 0.2) is 0 Å². The van der Waals surface area contributed by atoms with E-state index in [9.17, 15) is 5.11 Å². The van der Waals surface area contributed by atoms with E-state index in [0.29, 0.717) is 5.75 Å². The Balaban J connectivity index is 2.92. The molecule has 0 radical (unpaired) electrons. The quantitative estimate of drug-likeness (QED) is 0.433. The van der Waals surface area contributed by atoms with Gasteiger partial charge in [-0.3, -0.25) is 0 Å². The van der Waals surface area contributed by atoms with Gasteiger partial charge in [0.05, 0.1) is 0 Å². The van der Waals surface area contributed by atoms with E-state index >= 15 is 0 Å². The molecule has 0 aromatic heterocycles. The summed E-state index contributed by atoms with van der Waals surface area (Å²) < 4.78 is 5.79. The molecule has 0 amide bonds. The molecule has 1 nitrogen and oxygen atoms in total. The van der Waals surface area contributed by atoms with E-state index in [1.165, 1.54) is 61.8 Å². The fraction of sp³-hybridized carbons (Fsp3) is 0.684. The predicted molar refractivity (Wildman–Crippen MR) is 96.7 cm³/mol. The molecule has 0 bridgehead atoms. The topological polar surface area (TPSA) is 20.2 Å². The Kier molecular flexibility index (Phi) is 9.46. The Bertz CT molecular complexity index is 367. The van der Waals surface area contributed by atoms with Crippen molar-refractivity contribution in [3.8, 4) is 5.75 Å². The van der Waals surface area contributed by atoms with Crippen LogP contribution in [-0.2, 0) is 4.44 Å². The third kappa shape index (κ3) is 6.63. The van der Waals surface area contributed by atoms with Gasteiger partial charge < -0.3 is 0 Å². The van der Waals surface area contributed by atoms with E-state index in [1.54, 1.807) is 0 Å². The van der Waals surface area contributed by atoms with Gasteiger partial charge in [-0.05, 0) is 0 Å². The number of para-hydroxylation sites is 1. The molecular formula is C19H34OSn. The number of unbranched alkanes of at least 4 members (excludes halogenated alkanes) is 3. The van der Waals surface area contributed by atoms with E-state index in [4.69, 9.17) is 0 Å². The molecule has 0 spiro atoms. The summed E-state index contributed by atoms with van der Waals surface area (Å²) in [6.45, 7) is 6.95. The normalized spacial score (nSPS) is 11.8. The third-order valence-electron chi connectivity index (χ3n) is 4.74. The summed E-state index contributed by atoms with van der Waals surface area (Å²) in [7, 11) is 0. The van der Waals surface area contributed by atoms with E-state index in [0.717, 1.165) is 0 Å². The van der Waals surface area contributed by atoms with E-state index in [1.807, 2.05) is 12.1 Å². The molecule has 0 aliphatic rings. The van der Waals surface area contributed by atoms with Gasteiger partial charge in [0.2, 0.25) is 0 Å². The maximum absolute atomic E-state index is 10.2. The predicted octanol–water partition coefficient (Wildman–Crippen LogP) is 6.32. The molecule has 120 valence electrons. The van der Waals surface area contributed by atoms with Crippen molar-refractivity contribution in [2.75, 3.05) is 0 Å². The number of hydrogen-bond donors (Lipinski definition) is 1. The summed E-state index contributed by atoms with van der Waals surface area (Å²) in [5.74, 6) is 0.531. The van der Waals surface area contributed by atoms with Crippen LogP contribution in [0.2, 0.25) is 13.3 Å². The second kappa shape index (κ2) is 10.5. The van der Waals surface area contributed by atoms with Crippen LogP contribution < -0.4 is 0 Å². The number of hydrogen-bond acceptors (Lipinski definition) is 1. The zero-order chi connectivity index (χ0) is 15.6. The number of aromatic hydroxyl groups is 1. The summed E-state index contributed by atoms with van der Waals surface area (Å²) in [5.41, 5.74) is 1.23. The molecule has 1 rings (SSSR count). The van der Waals surface area contributed by atoms with Gasteiger partial charge in [-0.2, -0.15) is 0 Å². The number of benzene rings is 1. The van der Waals surface area contributed by atoms with Crippen molar-refractivity contribution in [2.45, 2.75) is 77.0 Å². The maximum atomic E-state index is 10.2. The molecular weight excluding hydrogens is 363 g/mol. The molecule has 0 saturated heterocycles. The van der Waals surface area contributed by atoms with Gasteiger partial charge in [0.1, 0.15) is 0 Å². The van der Waals surface area contributed by atoms with Crippen LogP contribution in [0.25, 0.3) is 0 Å². The average molecular weight is 397 g/mol. The summed E-state index contributed by atoms with van der Waals surface area (Å²) in [5, 5.41) is 10.2. The van der Waals surface area contributed by atoms with Crippen LogP contribution >= 0.6 is 0 Å².